The lowest BCUT2D eigenvalue weighted by Crippen LogP contribution is -2.36. The smallest absolute Gasteiger partial charge is 0.330 e. The Morgan fingerprint density at radius 2 is 1.69 bits per heavy atom. The number of methoxy groups -OCH3 is 1. The van der Waals surface area contributed by atoms with Crippen molar-refractivity contribution in [2.24, 2.45) is 5.92 Å². The zero-order chi connectivity index (χ0) is 24.6. The number of ether oxygens (including phenoxy) is 1. The van der Waals surface area contributed by atoms with E-state index in [4.69, 9.17) is 16.3 Å². The first kappa shape index (κ1) is 24.7. The highest BCUT2D eigenvalue weighted by atomic mass is 35.5. The lowest BCUT2D eigenvalue weighted by Gasteiger charge is -2.30. The molecule has 0 unspecified atom stereocenters. The van der Waals surface area contributed by atoms with Crippen molar-refractivity contribution in [3.8, 4) is 11.1 Å². The van der Waals surface area contributed by atoms with E-state index in [2.05, 4.69) is 24.3 Å². The Morgan fingerprint density at radius 3 is 2.40 bits per heavy atom. The Labute approximate surface area is 212 Å². The summed E-state index contributed by atoms with van der Waals surface area (Å²) in [5.74, 6) is -0.202. The summed E-state index contributed by atoms with van der Waals surface area (Å²) >= 11 is 6.16. The van der Waals surface area contributed by atoms with Crippen molar-refractivity contribution in [3.05, 3.63) is 95.0 Å². The molecule has 1 aliphatic rings. The Hall–Kier alpha value is -3.37. The minimum atomic E-state index is -0.412. The number of amides is 1. The van der Waals surface area contributed by atoms with Crippen LogP contribution in [0.2, 0.25) is 5.02 Å². The molecule has 1 saturated carbocycles. The van der Waals surface area contributed by atoms with Crippen LogP contribution in [0.25, 0.3) is 17.2 Å². The van der Waals surface area contributed by atoms with Crippen molar-refractivity contribution < 1.29 is 14.3 Å². The monoisotopic (exact) mass is 487 g/mol. The minimum absolute atomic E-state index is 0.0451. The third kappa shape index (κ3) is 6.61. The van der Waals surface area contributed by atoms with Crippen LogP contribution >= 0.6 is 11.6 Å². The largest absolute Gasteiger partial charge is 0.466 e. The maximum atomic E-state index is 13.7. The fraction of sp³-hybridized carbons (Fsp3) is 0.267. The van der Waals surface area contributed by atoms with E-state index in [9.17, 15) is 9.59 Å². The van der Waals surface area contributed by atoms with E-state index in [0.717, 1.165) is 53.6 Å². The standard InChI is InChI=1S/C30H30ClNO3/c1-35-29(33)18-15-22-7-5-12-28(19-22)32(30(34)25-8-3-2-4-9-25)21-23-13-16-24(17-14-23)26-10-6-11-27(31)20-26/h5-7,10-20,25H,2-4,8-9,21H2,1H3/b18-15+. The molecule has 0 aromatic heterocycles. The van der Waals surface area contributed by atoms with Gasteiger partial charge in [-0.25, -0.2) is 4.79 Å². The Morgan fingerprint density at radius 1 is 0.943 bits per heavy atom. The van der Waals surface area contributed by atoms with Gasteiger partial charge >= 0.3 is 5.97 Å². The van der Waals surface area contributed by atoms with Crippen molar-refractivity contribution >= 4 is 35.2 Å². The first-order valence-corrected chi connectivity index (χ1v) is 12.4. The van der Waals surface area contributed by atoms with Gasteiger partial charge in [0.2, 0.25) is 5.91 Å². The number of hydrogen-bond donors (Lipinski definition) is 0. The van der Waals surface area contributed by atoms with Gasteiger partial charge < -0.3 is 9.64 Å². The number of carbonyl (C=O) groups is 2. The third-order valence-corrected chi connectivity index (χ3v) is 6.70. The molecule has 0 atom stereocenters. The Bertz CT molecular complexity index is 1200. The van der Waals surface area contributed by atoms with E-state index in [1.807, 2.05) is 53.4 Å². The molecule has 1 fully saturated rings. The van der Waals surface area contributed by atoms with E-state index >= 15 is 0 Å². The van der Waals surface area contributed by atoms with Crippen LogP contribution in [0.4, 0.5) is 5.69 Å². The van der Waals surface area contributed by atoms with Gasteiger partial charge in [-0.15, -0.1) is 0 Å². The van der Waals surface area contributed by atoms with Crippen LogP contribution in [-0.4, -0.2) is 19.0 Å². The molecule has 4 nitrogen and oxygen atoms in total. The molecule has 5 heteroatoms. The molecule has 3 aromatic rings. The molecule has 180 valence electrons. The summed E-state index contributed by atoms with van der Waals surface area (Å²) in [7, 11) is 1.35. The fourth-order valence-electron chi connectivity index (χ4n) is 4.55. The van der Waals surface area contributed by atoms with Gasteiger partial charge in [0, 0.05) is 22.7 Å². The summed E-state index contributed by atoms with van der Waals surface area (Å²) in [6.07, 6.45) is 8.36. The summed E-state index contributed by atoms with van der Waals surface area (Å²) in [4.78, 5) is 27.1. The molecule has 4 rings (SSSR count). The highest BCUT2D eigenvalue weighted by Crippen LogP contribution is 2.30. The average Bonchev–Trinajstić information content (AvgIpc) is 2.91. The van der Waals surface area contributed by atoms with E-state index < -0.39 is 5.97 Å². The van der Waals surface area contributed by atoms with E-state index in [1.165, 1.54) is 19.6 Å². The number of esters is 1. The molecule has 0 aliphatic heterocycles. The van der Waals surface area contributed by atoms with Gasteiger partial charge in [-0.1, -0.05) is 79.4 Å². The quantitative estimate of drug-likeness (QED) is 0.259. The molecule has 35 heavy (non-hydrogen) atoms. The van der Waals surface area contributed by atoms with Crippen LogP contribution in [0.3, 0.4) is 0 Å². The number of benzene rings is 3. The molecular weight excluding hydrogens is 458 g/mol. The maximum absolute atomic E-state index is 13.7. The number of halogens is 1. The molecule has 1 aliphatic carbocycles. The second-order valence-corrected chi connectivity index (χ2v) is 9.35. The number of anilines is 1. The van der Waals surface area contributed by atoms with Crippen molar-refractivity contribution in [2.75, 3.05) is 12.0 Å². The lowest BCUT2D eigenvalue weighted by molar-refractivity contribution is -0.134. The number of hydrogen-bond acceptors (Lipinski definition) is 3. The van der Waals surface area contributed by atoms with Gasteiger partial charge in [-0.2, -0.15) is 0 Å². The maximum Gasteiger partial charge on any atom is 0.330 e. The summed E-state index contributed by atoms with van der Waals surface area (Å²) < 4.78 is 4.70. The highest BCUT2D eigenvalue weighted by Gasteiger charge is 2.27. The molecule has 1 amide bonds. The van der Waals surface area contributed by atoms with Gasteiger partial charge in [0.05, 0.1) is 13.7 Å². The van der Waals surface area contributed by atoms with Crippen LogP contribution in [-0.2, 0) is 20.9 Å². The zero-order valence-corrected chi connectivity index (χ0v) is 20.7. The van der Waals surface area contributed by atoms with Gasteiger partial charge in [0.25, 0.3) is 0 Å². The Balaban J connectivity index is 1.60. The second kappa shape index (κ2) is 11.9. The summed E-state index contributed by atoms with van der Waals surface area (Å²) in [5.41, 5.74) is 4.85. The summed E-state index contributed by atoms with van der Waals surface area (Å²) in [6.45, 7) is 0.481. The number of carbonyl (C=O) groups excluding carboxylic acids is 2. The molecule has 0 heterocycles. The summed E-state index contributed by atoms with van der Waals surface area (Å²) in [5, 5.41) is 0.706. The number of nitrogens with zero attached hydrogens (tertiary/aromatic N) is 1. The van der Waals surface area contributed by atoms with Gasteiger partial charge in [0.1, 0.15) is 0 Å². The van der Waals surface area contributed by atoms with Gasteiger partial charge in [0.15, 0.2) is 0 Å². The van der Waals surface area contributed by atoms with Crippen LogP contribution in [0.1, 0.15) is 43.2 Å². The normalized spacial score (nSPS) is 14.1. The van der Waals surface area contributed by atoms with E-state index in [-0.39, 0.29) is 11.8 Å². The van der Waals surface area contributed by atoms with Gasteiger partial charge in [-0.3, -0.25) is 4.79 Å². The molecular formula is C30H30ClNO3. The van der Waals surface area contributed by atoms with Crippen LogP contribution in [0, 0.1) is 5.92 Å². The van der Waals surface area contributed by atoms with Crippen molar-refractivity contribution in [1.29, 1.82) is 0 Å². The minimum Gasteiger partial charge on any atom is -0.466 e. The predicted octanol–water partition coefficient (Wildman–Crippen LogP) is 7.31. The van der Waals surface area contributed by atoms with Crippen molar-refractivity contribution in [2.45, 2.75) is 38.6 Å². The molecule has 3 aromatic carbocycles. The van der Waals surface area contributed by atoms with Gasteiger partial charge in [-0.05, 0) is 65.4 Å². The topological polar surface area (TPSA) is 46.6 Å². The highest BCUT2D eigenvalue weighted by molar-refractivity contribution is 6.30. The first-order valence-electron chi connectivity index (χ1n) is 12.1. The van der Waals surface area contributed by atoms with Crippen LogP contribution < -0.4 is 4.90 Å². The summed E-state index contributed by atoms with van der Waals surface area (Å²) in [6, 6.07) is 23.8. The third-order valence-electron chi connectivity index (χ3n) is 6.47. The van der Waals surface area contributed by atoms with E-state index in [1.54, 1.807) is 6.08 Å². The molecule has 0 radical (unpaired) electrons. The second-order valence-electron chi connectivity index (χ2n) is 8.92. The molecule has 0 spiro atoms. The number of rotatable bonds is 7. The first-order chi connectivity index (χ1) is 17.0. The van der Waals surface area contributed by atoms with Crippen LogP contribution in [0.5, 0.6) is 0 Å². The molecule has 0 bridgehead atoms. The lowest BCUT2D eigenvalue weighted by atomic mass is 9.88. The SMILES string of the molecule is COC(=O)/C=C/c1cccc(N(Cc2ccc(-c3cccc(Cl)c3)cc2)C(=O)C2CCCCC2)c1. The molecule has 0 saturated heterocycles. The van der Waals surface area contributed by atoms with Crippen LogP contribution in [0.15, 0.2) is 78.9 Å². The Kier molecular flexibility index (Phi) is 8.38. The fourth-order valence-corrected chi connectivity index (χ4v) is 4.74. The predicted molar refractivity (Wildman–Crippen MR) is 142 cm³/mol. The van der Waals surface area contributed by atoms with Crippen molar-refractivity contribution in [1.82, 2.24) is 0 Å². The van der Waals surface area contributed by atoms with Crippen molar-refractivity contribution in [3.63, 3.8) is 0 Å². The molecule has 0 N–H and O–H groups in total. The van der Waals surface area contributed by atoms with E-state index in [0.29, 0.717) is 11.6 Å². The zero-order valence-electron chi connectivity index (χ0n) is 20.0. The average molecular weight is 488 g/mol.